The predicted octanol–water partition coefficient (Wildman–Crippen LogP) is 2.23. The minimum Gasteiger partial charge on any atom is -0.360 e. The number of amides is 1. The van der Waals surface area contributed by atoms with Crippen molar-refractivity contribution < 1.29 is 4.79 Å². The second-order valence-corrected chi connectivity index (χ2v) is 6.19. The molecule has 0 radical (unpaired) electrons. The van der Waals surface area contributed by atoms with Crippen LogP contribution >= 0.6 is 22.7 Å². The number of hydrogen-bond donors (Lipinski definition) is 2. The van der Waals surface area contributed by atoms with E-state index in [2.05, 4.69) is 25.8 Å². The highest BCUT2D eigenvalue weighted by molar-refractivity contribution is 7.17. The van der Waals surface area contributed by atoms with Gasteiger partial charge in [-0.2, -0.15) is 0 Å². The number of thiazole rings is 1. The average molecular weight is 297 g/mol. The summed E-state index contributed by atoms with van der Waals surface area (Å²) in [6.45, 7) is 6.62. The molecule has 2 aromatic rings. The van der Waals surface area contributed by atoms with Crippen LogP contribution in [0.5, 0.6) is 0 Å². The summed E-state index contributed by atoms with van der Waals surface area (Å²) in [5.41, 5.74) is 0. The summed E-state index contributed by atoms with van der Waals surface area (Å²) in [6, 6.07) is -0.127. The van der Waals surface area contributed by atoms with Crippen molar-refractivity contribution in [2.75, 3.05) is 11.9 Å². The Balaban J connectivity index is 1.99. The molecule has 102 valence electrons. The monoisotopic (exact) mass is 297 g/mol. The first-order valence-electron chi connectivity index (χ1n) is 5.90. The summed E-state index contributed by atoms with van der Waals surface area (Å²) in [5, 5.41) is 15.6. The van der Waals surface area contributed by atoms with Crippen molar-refractivity contribution in [1.82, 2.24) is 20.5 Å². The van der Waals surface area contributed by atoms with Crippen molar-refractivity contribution in [1.29, 1.82) is 0 Å². The molecule has 2 N–H and O–H groups in total. The molecule has 8 heteroatoms. The molecule has 2 aromatic heterocycles. The molecule has 2 heterocycles. The number of anilines is 1. The van der Waals surface area contributed by atoms with Crippen LogP contribution in [-0.4, -0.2) is 27.6 Å². The Morgan fingerprint density at radius 1 is 1.42 bits per heavy atom. The molecule has 1 amide bonds. The van der Waals surface area contributed by atoms with Gasteiger partial charge in [-0.25, -0.2) is 4.98 Å². The minimum atomic E-state index is -0.220. The highest BCUT2D eigenvalue weighted by Crippen LogP contribution is 2.20. The van der Waals surface area contributed by atoms with Crippen LogP contribution in [0.2, 0.25) is 0 Å². The summed E-state index contributed by atoms with van der Waals surface area (Å²) in [5.74, 6) is -0.220. The zero-order chi connectivity index (χ0) is 13.8. The van der Waals surface area contributed by atoms with E-state index < -0.39 is 0 Å². The molecule has 1 atom stereocenters. The topological polar surface area (TPSA) is 79.8 Å². The molecule has 1 unspecified atom stereocenters. The maximum atomic E-state index is 12.0. The lowest BCUT2D eigenvalue weighted by atomic mass is 10.3. The number of carbonyl (C=O) groups excluding carboxylic acids is 1. The van der Waals surface area contributed by atoms with Gasteiger partial charge in [-0.3, -0.25) is 4.79 Å². The Labute approximate surface area is 119 Å². The van der Waals surface area contributed by atoms with E-state index in [0.717, 1.165) is 16.4 Å². The number of carbonyl (C=O) groups is 1. The summed E-state index contributed by atoms with van der Waals surface area (Å²) >= 11 is 2.82. The zero-order valence-electron chi connectivity index (χ0n) is 10.9. The molecule has 0 aliphatic carbocycles. The number of rotatable bonds is 5. The fraction of sp³-hybridized carbons (Fsp3) is 0.455. The molecule has 2 rings (SSSR count). The van der Waals surface area contributed by atoms with E-state index in [1.165, 1.54) is 11.3 Å². The molecule has 0 saturated heterocycles. The lowest BCUT2D eigenvalue weighted by Gasteiger charge is -2.08. The van der Waals surface area contributed by atoms with E-state index in [1.807, 2.05) is 20.8 Å². The van der Waals surface area contributed by atoms with Gasteiger partial charge in [0.2, 0.25) is 10.1 Å². The van der Waals surface area contributed by atoms with Gasteiger partial charge in [0, 0.05) is 17.6 Å². The molecular weight excluding hydrogens is 282 g/mol. The van der Waals surface area contributed by atoms with Crippen molar-refractivity contribution in [2.45, 2.75) is 26.8 Å². The molecule has 0 aromatic carbocycles. The lowest BCUT2D eigenvalue weighted by Crippen LogP contribution is -2.26. The van der Waals surface area contributed by atoms with E-state index in [9.17, 15) is 4.79 Å². The molecule has 0 aliphatic heterocycles. The first kappa shape index (κ1) is 13.9. The Kier molecular flexibility index (Phi) is 4.43. The highest BCUT2D eigenvalue weighted by Gasteiger charge is 2.17. The van der Waals surface area contributed by atoms with Crippen LogP contribution in [0, 0.1) is 6.92 Å². The Bertz CT molecular complexity index is 565. The van der Waals surface area contributed by atoms with Gasteiger partial charge in [0.1, 0.15) is 5.01 Å². The maximum absolute atomic E-state index is 12.0. The summed E-state index contributed by atoms with van der Waals surface area (Å²) in [6.07, 6.45) is 1.80. The van der Waals surface area contributed by atoms with Gasteiger partial charge in [0.05, 0.1) is 6.04 Å². The van der Waals surface area contributed by atoms with Gasteiger partial charge in [-0.15, -0.1) is 21.5 Å². The summed E-state index contributed by atoms with van der Waals surface area (Å²) in [7, 11) is 0. The normalized spacial score (nSPS) is 12.2. The third-order valence-corrected chi connectivity index (χ3v) is 4.28. The quantitative estimate of drug-likeness (QED) is 0.884. The van der Waals surface area contributed by atoms with Gasteiger partial charge in [0.25, 0.3) is 5.91 Å². The third-order valence-electron chi connectivity index (χ3n) is 2.30. The van der Waals surface area contributed by atoms with E-state index >= 15 is 0 Å². The number of aromatic nitrogens is 3. The van der Waals surface area contributed by atoms with E-state index in [0.29, 0.717) is 10.1 Å². The molecule has 19 heavy (non-hydrogen) atoms. The molecule has 0 fully saturated rings. The van der Waals surface area contributed by atoms with Crippen LogP contribution in [0.3, 0.4) is 0 Å². The van der Waals surface area contributed by atoms with Crippen LogP contribution in [0.1, 0.15) is 39.6 Å². The molecule has 0 spiro atoms. The SMILES string of the molecule is CCNc1nnc(C(=O)NC(C)c2ncc(C)s2)s1. The standard InChI is InChI=1S/C11H15N5OS2/c1-4-12-11-16-15-10(19-11)8(17)14-7(3)9-13-5-6(2)18-9/h5,7H,4H2,1-3H3,(H,12,16)(H,14,17). The van der Waals surface area contributed by atoms with Gasteiger partial charge < -0.3 is 10.6 Å². The summed E-state index contributed by atoms with van der Waals surface area (Å²) < 4.78 is 0. The minimum absolute atomic E-state index is 0.127. The van der Waals surface area contributed by atoms with Gasteiger partial charge in [-0.05, 0) is 20.8 Å². The van der Waals surface area contributed by atoms with Crippen molar-refractivity contribution in [3.63, 3.8) is 0 Å². The Hall–Kier alpha value is -1.54. The van der Waals surface area contributed by atoms with E-state index in [-0.39, 0.29) is 11.9 Å². The molecule has 0 saturated carbocycles. The van der Waals surface area contributed by atoms with Crippen molar-refractivity contribution in [2.24, 2.45) is 0 Å². The molecular formula is C11H15N5OS2. The molecule has 0 bridgehead atoms. The first-order valence-corrected chi connectivity index (χ1v) is 7.54. The van der Waals surface area contributed by atoms with Crippen LogP contribution < -0.4 is 10.6 Å². The van der Waals surface area contributed by atoms with Gasteiger partial charge in [0.15, 0.2) is 0 Å². The van der Waals surface area contributed by atoms with E-state index in [1.54, 1.807) is 17.5 Å². The van der Waals surface area contributed by atoms with Gasteiger partial charge >= 0.3 is 0 Å². The van der Waals surface area contributed by atoms with E-state index in [4.69, 9.17) is 0 Å². The average Bonchev–Trinajstić information content (AvgIpc) is 2.98. The second-order valence-electron chi connectivity index (χ2n) is 3.95. The lowest BCUT2D eigenvalue weighted by molar-refractivity contribution is 0.0938. The zero-order valence-corrected chi connectivity index (χ0v) is 12.6. The van der Waals surface area contributed by atoms with Crippen LogP contribution in [0.4, 0.5) is 5.13 Å². The van der Waals surface area contributed by atoms with Crippen molar-refractivity contribution in [3.05, 3.63) is 21.1 Å². The predicted molar refractivity (Wildman–Crippen MR) is 76.8 cm³/mol. The fourth-order valence-electron chi connectivity index (χ4n) is 1.43. The highest BCUT2D eigenvalue weighted by atomic mass is 32.1. The van der Waals surface area contributed by atoms with Crippen LogP contribution in [0.15, 0.2) is 6.20 Å². The van der Waals surface area contributed by atoms with Gasteiger partial charge in [-0.1, -0.05) is 11.3 Å². The molecule has 6 nitrogen and oxygen atoms in total. The number of nitrogens with zero attached hydrogens (tertiary/aromatic N) is 3. The molecule has 0 aliphatic rings. The smallest absolute Gasteiger partial charge is 0.282 e. The Morgan fingerprint density at radius 2 is 2.21 bits per heavy atom. The summed E-state index contributed by atoms with van der Waals surface area (Å²) in [4.78, 5) is 17.4. The largest absolute Gasteiger partial charge is 0.360 e. The third kappa shape index (κ3) is 3.48. The fourth-order valence-corrected chi connectivity index (χ4v) is 2.92. The maximum Gasteiger partial charge on any atom is 0.282 e. The van der Waals surface area contributed by atoms with Crippen LogP contribution in [-0.2, 0) is 0 Å². The second kappa shape index (κ2) is 6.07. The number of aryl methyl sites for hydroxylation is 1. The van der Waals surface area contributed by atoms with Crippen LogP contribution in [0.25, 0.3) is 0 Å². The first-order chi connectivity index (χ1) is 9.10. The number of nitrogens with one attached hydrogen (secondary N) is 2. The van der Waals surface area contributed by atoms with Crippen molar-refractivity contribution in [3.8, 4) is 0 Å². The number of hydrogen-bond acceptors (Lipinski definition) is 7. The Morgan fingerprint density at radius 3 is 2.84 bits per heavy atom. The van der Waals surface area contributed by atoms with Crippen molar-refractivity contribution >= 4 is 33.7 Å².